The van der Waals surface area contributed by atoms with Crippen LogP contribution < -0.4 is 11.3 Å². The fraction of sp³-hybridized carbons (Fsp3) is 0.583. The van der Waals surface area contributed by atoms with E-state index in [9.17, 15) is 4.79 Å². The smallest absolute Gasteiger partial charge is 0.263 e. The Balaban J connectivity index is 1.85. The van der Waals surface area contributed by atoms with Crippen LogP contribution in [-0.4, -0.2) is 33.8 Å². The number of aryl methyl sites for hydroxylation is 2. The number of nitrogens with zero attached hydrogens (tertiary/aromatic N) is 2. The Labute approximate surface area is 116 Å². The molecular weight excluding hydrogens is 264 g/mol. The van der Waals surface area contributed by atoms with Crippen molar-refractivity contribution in [3.8, 4) is 0 Å². The molecule has 3 N–H and O–H groups in total. The van der Waals surface area contributed by atoms with Gasteiger partial charge in [-0.25, -0.2) is 15.8 Å². The first-order valence-electron chi connectivity index (χ1n) is 6.19. The highest BCUT2D eigenvalue weighted by molar-refractivity contribution is 7.99. The summed E-state index contributed by atoms with van der Waals surface area (Å²) in [5.74, 6) is 5.58. The number of hydrogen-bond donors (Lipinski definition) is 2. The molecule has 1 aromatic rings. The zero-order valence-corrected chi connectivity index (χ0v) is 11.9. The Kier molecular flexibility index (Phi) is 4.73. The monoisotopic (exact) mass is 282 g/mol. The minimum atomic E-state index is -0.421. The maximum absolute atomic E-state index is 11.3. The highest BCUT2D eigenvalue weighted by atomic mass is 32.2. The summed E-state index contributed by atoms with van der Waals surface area (Å²) in [7, 11) is 0. The number of amides is 1. The van der Waals surface area contributed by atoms with Gasteiger partial charge >= 0.3 is 0 Å². The summed E-state index contributed by atoms with van der Waals surface area (Å²) in [4.78, 5) is 20.1. The normalized spacial score (nSPS) is 22.5. The molecule has 1 aliphatic rings. The zero-order chi connectivity index (χ0) is 13.8. The minimum Gasteiger partial charge on any atom is -0.364 e. The number of aromatic nitrogens is 2. The van der Waals surface area contributed by atoms with E-state index in [1.54, 1.807) is 11.8 Å². The molecule has 0 aliphatic carbocycles. The number of thioether (sulfide) groups is 1. The Morgan fingerprint density at radius 2 is 2.16 bits per heavy atom. The van der Waals surface area contributed by atoms with Gasteiger partial charge in [-0.2, -0.15) is 0 Å². The van der Waals surface area contributed by atoms with E-state index in [1.165, 1.54) is 0 Å². The molecule has 1 fully saturated rings. The van der Waals surface area contributed by atoms with Crippen LogP contribution in [0.2, 0.25) is 0 Å². The summed E-state index contributed by atoms with van der Waals surface area (Å²) in [6.07, 6.45) is 1.20. The van der Waals surface area contributed by atoms with Gasteiger partial charge in [-0.05, 0) is 32.8 Å². The molecule has 1 saturated heterocycles. The van der Waals surface area contributed by atoms with Crippen molar-refractivity contribution in [2.24, 2.45) is 5.84 Å². The number of nitrogens with one attached hydrogen (secondary N) is 1. The largest absolute Gasteiger partial charge is 0.364 e. The molecule has 104 valence electrons. The standard InChI is InChI=1S/C12H18N4O2S/c1-7-5-8(2)15-12(14-7)19-6-9-3-4-10(18-9)11(17)16-13/h5,9-10H,3-4,6,13H2,1-2H3,(H,16,17). The van der Waals surface area contributed by atoms with Crippen LogP contribution >= 0.6 is 11.8 Å². The lowest BCUT2D eigenvalue weighted by Gasteiger charge is -2.12. The third-order valence-electron chi connectivity index (χ3n) is 2.90. The third kappa shape index (κ3) is 3.89. The number of nitrogens with two attached hydrogens (primary N) is 1. The van der Waals surface area contributed by atoms with Crippen LogP contribution in [-0.2, 0) is 9.53 Å². The van der Waals surface area contributed by atoms with Gasteiger partial charge in [-0.3, -0.25) is 10.2 Å². The zero-order valence-electron chi connectivity index (χ0n) is 11.0. The Morgan fingerprint density at radius 1 is 1.47 bits per heavy atom. The van der Waals surface area contributed by atoms with Gasteiger partial charge in [-0.1, -0.05) is 11.8 Å². The summed E-state index contributed by atoms with van der Waals surface area (Å²) < 4.78 is 5.63. The van der Waals surface area contributed by atoms with E-state index in [0.29, 0.717) is 6.42 Å². The van der Waals surface area contributed by atoms with Crippen molar-refractivity contribution < 1.29 is 9.53 Å². The van der Waals surface area contributed by atoms with Gasteiger partial charge in [0.1, 0.15) is 6.10 Å². The van der Waals surface area contributed by atoms with E-state index in [0.717, 1.165) is 28.7 Å². The van der Waals surface area contributed by atoms with Crippen molar-refractivity contribution >= 4 is 17.7 Å². The van der Waals surface area contributed by atoms with Crippen LogP contribution in [0.25, 0.3) is 0 Å². The van der Waals surface area contributed by atoms with E-state index in [2.05, 4.69) is 15.4 Å². The topological polar surface area (TPSA) is 90.1 Å². The van der Waals surface area contributed by atoms with Crippen LogP contribution in [0.3, 0.4) is 0 Å². The van der Waals surface area contributed by atoms with Crippen molar-refractivity contribution in [1.29, 1.82) is 0 Å². The number of ether oxygens (including phenoxy) is 1. The van der Waals surface area contributed by atoms with Crippen molar-refractivity contribution in [1.82, 2.24) is 15.4 Å². The molecule has 2 heterocycles. The molecule has 1 amide bonds. The lowest BCUT2D eigenvalue weighted by molar-refractivity contribution is -0.131. The number of carbonyl (C=O) groups excluding carboxylic acids is 1. The SMILES string of the molecule is Cc1cc(C)nc(SCC2CCC(C(=O)NN)O2)n1. The molecule has 0 saturated carbocycles. The maximum Gasteiger partial charge on any atom is 0.263 e. The molecule has 2 atom stereocenters. The first-order valence-corrected chi connectivity index (χ1v) is 7.18. The average molecular weight is 282 g/mol. The molecule has 0 spiro atoms. The lowest BCUT2D eigenvalue weighted by Crippen LogP contribution is -2.39. The molecule has 6 nitrogen and oxygen atoms in total. The summed E-state index contributed by atoms with van der Waals surface area (Å²) >= 11 is 1.56. The predicted octanol–water partition coefficient (Wildman–Crippen LogP) is 0.723. The molecule has 7 heteroatoms. The van der Waals surface area contributed by atoms with Crippen LogP contribution in [0, 0.1) is 13.8 Å². The van der Waals surface area contributed by atoms with Gasteiger partial charge in [0.15, 0.2) is 5.16 Å². The van der Waals surface area contributed by atoms with Gasteiger partial charge in [0.05, 0.1) is 6.10 Å². The molecule has 0 radical (unpaired) electrons. The molecule has 1 aromatic heterocycles. The lowest BCUT2D eigenvalue weighted by atomic mass is 10.2. The third-order valence-corrected chi connectivity index (χ3v) is 3.88. The van der Waals surface area contributed by atoms with Gasteiger partial charge < -0.3 is 4.74 Å². The van der Waals surface area contributed by atoms with E-state index >= 15 is 0 Å². The highest BCUT2D eigenvalue weighted by Crippen LogP contribution is 2.25. The molecule has 2 rings (SSSR count). The Hall–Kier alpha value is -1.18. The van der Waals surface area contributed by atoms with E-state index in [1.807, 2.05) is 19.9 Å². The molecular formula is C12H18N4O2S. The van der Waals surface area contributed by atoms with E-state index in [4.69, 9.17) is 10.6 Å². The van der Waals surface area contributed by atoms with Crippen molar-refractivity contribution in [3.63, 3.8) is 0 Å². The quantitative estimate of drug-likeness (QED) is 0.278. The van der Waals surface area contributed by atoms with Crippen molar-refractivity contribution in [2.75, 3.05) is 5.75 Å². The van der Waals surface area contributed by atoms with Crippen molar-refractivity contribution in [2.45, 2.75) is 44.1 Å². The van der Waals surface area contributed by atoms with Crippen molar-refractivity contribution in [3.05, 3.63) is 17.5 Å². The summed E-state index contributed by atoms with van der Waals surface area (Å²) in [6, 6.07) is 1.94. The number of hydrogen-bond acceptors (Lipinski definition) is 6. The van der Waals surface area contributed by atoms with Gasteiger partial charge in [0.25, 0.3) is 5.91 Å². The number of rotatable bonds is 4. The summed E-state index contributed by atoms with van der Waals surface area (Å²) in [6.45, 7) is 3.90. The Bertz CT molecular complexity index is 449. The fourth-order valence-electron chi connectivity index (χ4n) is 2.04. The van der Waals surface area contributed by atoms with E-state index in [-0.39, 0.29) is 12.0 Å². The molecule has 1 aliphatic heterocycles. The predicted molar refractivity (Wildman–Crippen MR) is 72.5 cm³/mol. The minimum absolute atomic E-state index is 0.0525. The van der Waals surface area contributed by atoms with Crippen LogP contribution in [0.5, 0.6) is 0 Å². The first kappa shape index (κ1) is 14.2. The van der Waals surface area contributed by atoms with Gasteiger partial charge in [0, 0.05) is 17.1 Å². The second kappa shape index (κ2) is 6.31. The van der Waals surface area contributed by atoms with Gasteiger partial charge in [-0.15, -0.1) is 0 Å². The van der Waals surface area contributed by atoms with Gasteiger partial charge in [0.2, 0.25) is 0 Å². The Morgan fingerprint density at radius 3 is 2.79 bits per heavy atom. The number of hydrazine groups is 1. The molecule has 2 unspecified atom stereocenters. The number of carbonyl (C=O) groups is 1. The van der Waals surface area contributed by atoms with Crippen LogP contribution in [0.1, 0.15) is 24.2 Å². The summed E-state index contributed by atoms with van der Waals surface area (Å²) in [5, 5.41) is 0.757. The molecule has 19 heavy (non-hydrogen) atoms. The molecule has 0 aromatic carbocycles. The maximum atomic E-state index is 11.3. The molecule has 0 bridgehead atoms. The second-order valence-corrected chi connectivity index (χ2v) is 5.56. The fourth-order valence-corrected chi connectivity index (χ4v) is 3.04. The second-order valence-electron chi connectivity index (χ2n) is 4.58. The average Bonchev–Trinajstić information content (AvgIpc) is 2.83. The highest BCUT2D eigenvalue weighted by Gasteiger charge is 2.30. The first-order chi connectivity index (χ1) is 9.08. The van der Waals surface area contributed by atoms with Crippen LogP contribution in [0.4, 0.5) is 0 Å². The van der Waals surface area contributed by atoms with E-state index < -0.39 is 6.10 Å². The van der Waals surface area contributed by atoms with Crippen LogP contribution in [0.15, 0.2) is 11.2 Å². The summed E-state index contributed by atoms with van der Waals surface area (Å²) in [5.41, 5.74) is 4.04.